The Balaban J connectivity index is 2.41. The Bertz CT molecular complexity index is 495. The van der Waals surface area contributed by atoms with Crippen molar-refractivity contribution in [2.75, 3.05) is 13.2 Å². The van der Waals surface area contributed by atoms with Crippen molar-refractivity contribution >= 4 is 39.4 Å². The lowest BCUT2D eigenvalue weighted by Crippen LogP contribution is -2.35. The molecule has 0 saturated carbocycles. The summed E-state index contributed by atoms with van der Waals surface area (Å²) in [6.45, 7) is 1.67. The summed E-state index contributed by atoms with van der Waals surface area (Å²) in [4.78, 5) is 22.4. The minimum atomic E-state index is -0.922. The van der Waals surface area contributed by atoms with Crippen molar-refractivity contribution in [2.24, 2.45) is 5.92 Å². The van der Waals surface area contributed by atoms with Crippen LogP contribution in [-0.4, -0.2) is 30.1 Å². The lowest BCUT2D eigenvalue weighted by atomic mass is 10.1. The Morgan fingerprint density at radius 3 is 2.75 bits per heavy atom. The summed E-state index contributed by atoms with van der Waals surface area (Å²) in [5.74, 6) is -1.38. The highest BCUT2D eigenvalue weighted by molar-refractivity contribution is 9.10. The Labute approximate surface area is 130 Å². The van der Waals surface area contributed by atoms with Gasteiger partial charge in [-0.3, -0.25) is 9.59 Å². The molecule has 110 valence electrons. The topological polar surface area (TPSA) is 75.6 Å². The van der Waals surface area contributed by atoms with E-state index in [0.29, 0.717) is 21.7 Å². The normalized spacial score (nSPS) is 11.8. The molecule has 0 aromatic heterocycles. The van der Waals surface area contributed by atoms with Crippen LogP contribution in [0.3, 0.4) is 0 Å². The second-order valence-corrected chi connectivity index (χ2v) is 5.40. The monoisotopic (exact) mass is 363 g/mol. The molecule has 1 unspecified atom stereocenters. The largest absolute Gasteiger partial charge is 0.483 e. The molecular weight excluding hydrogens is 350 g/mol. The van der Waals surface area contributed by atoms with Gasteiger partial charge in [0.15, 0.2) is 6.61 Å². The summed E-state index contributed by atoms with van der Waals surface area (Å²) < 4.78 is 5.96. The molecule has 1 aromatic carbocycles. The van der Waals surface area contributed by atoms with E-state index in [9.17, 15) is 9.59 Å². The molecule has 0 heterocycles. The van der Waals surface area contributed by atoms with Crippen LogP contribution in [0.5, 0.6) is 5.75 Å². The maximum absolute atomic E-state index is 11.6. The molecule has 20 heavy (non-hydrogen) atoms. The summed E-state index contributed by atoms with van der Waals surface area (Å²) in [6.07, 6.45) is 0.458. The first-order valence-electron chi connectivity index (χ1n) is 6.01. The van der Waals surface area contributed by atoms with Crippen molar-refractivity contribution < 1.29 is 19.4 Å². The first kappa shape index (κ1) is 16.8. The molecule has 0 radical (unpaired) electrons. The van der Waals surface area contributed by atoms with Gasteiger partial charge in [-0.2, -0.15) is 0 Å². The SMILES string of the molecule is CCC(CNC(=O)COc1ccc(Cl)cc1Br)C(=O)O. The molecule has 2 N–H and O–H groups in total. The quantitative estimate of drug-likeness (QED) is 0.780. The van der Waals surface area contributed by atoms with Gasteiger partial charge >= 0.3 is 5.97 Å². The number of carbonyl (C=O) groups is 2. The number of nitrogens with one attached hydrogen (secondary N) is 1. The number of carbonyl (C=O) groups excluding carboxylic acids is 1. The first-order chi connectivity index (χ1) is 9.43. The third-order valence-electron chi connectivity index (χ3n) is 2.64. The Hall–Kier alpha value is -1.27. The first-order valence-corrected chi connectivity index (χ1v) is 7.18. The lowest BCUT2D eigenvalue weighted by Gasteiger charge is -2.12. The van der Waals surface area contributed by atoms with Gasteiger partial charge in [-0.05, 0) is 40.5 Å². The summed E-state index contributed by atoms with van der Waals surface area (Å²) in [5, 5.41) is 11.9. The fraction of sp³-hybridized carbons (Fsp3) is 0.385. The number of aliphatic carboxylic acids is 1. The fourth-order valence-electron chi connectivity index (χ4n) is 1.43. The zero-order valence-corrected chi connectivity index (χ0v) is 13.2. The number of carboxylic acids is 1. The molecule has 5 nitrogen and oxygen atoms in total. The molecule has 1 aromatic rings. The van der Waals surface area contributed by atoms with E-state index < -0.39 is 11.9 Å². The standard InChI is InChI=1S/C13H15BrClNO4/c1-2-8(13(18)19)6-16-12(17)7-20-11-4-3-9(15)5-10(11)14/h3-5,8H,2,6-7H2,1H3,(H,16,17)(H,18,19). The summed E-state index contributed by atoms with van der Waals surface area (Å²) in [6, 6.07) is 4.95. The van der Waals surface area contributed by atoms with Crippen LogP contribution >= 0.6 is 27.5 Å². The van der Waals surface area contributed by atoms with Crippen LogP contribution in [0.4, 0.5) is 0 Å². The highest BCUT2D eigenvalue weighted by Crippen LogP contribution is 2.27. The van der Waals surface area contributed by atoms with Crippen molar-refractivity contribution in [3.05, 3.63) is 27.7 Å². The Morgan fingerprint density at radius 1 is 1.50 bits per heavy atom. The molecule has 0 fully saturated rings. The molecule has 1 amide bonds. The molecule has 0 saturated heterocycles. The van der Waals surface area contributed by atoms with Gasteiger partial charge in [-0.15, -0.1) is 0 Å². The number of halogens is 2. The van der Waals surface area contributed by atoms with Crippen molar-refractivity contribution in [1.29, 1.82) is 0 Å². The van der Waals surface area contributed by atoms with Crippen LogP contribution in [0.15, 0.2) is 22.7 Å². The van der Waals surface area contributed by atoms with Gasteiger partial charge in [-0.1, -0.05) is 18.5 Å². The summed E-state index contributed by atoms with van der Waals surface area (Å²) in [5.41, 5.74) is 0. The van der Waals surface area contributed by atoms with Gasteiger partial charge in [-0.25, -0.2) is 0 Å². The number of ether oxygens (including phenoxy) is 1. The molecular formula is C13H15BrClNO4. The van der Waals surface area contributed by atoms with E-state index >= 15 is 0 Å². The van der Waals surface area contributed by atoms with Gasteiger partial charge in [0.25, 0.3) is 5.91 Å². The molecule has 0 aliphatic heterocycles. The Morgan fingerprint density at radius 2 is 2.20 bits per heavy atom. The average Bonchev–Trinajstić information content (AvgIpc) is 2.38. The van der Waals surface area contributed by atoms with E-state index in [1.807, 2.05) is 0 Å². The smallest absolute Gasteiger partial charge is 0.308 e. The number of hydrogen-bond donors (Lipinski definition) is 2. The third-order valence-corrected chi connectivity index (χ3v) is 3.50. The Kier molecular flexibility index (Phi) is 6.81. The minimum Gasteiger partial charge on any atom is -0.483 e. The molecule has 1 atom stereocenters. The van der Waals surface area contributed by atoms with E-state index in [1.165, 1.54) is 0 Å². The zero-order chi connectivity index (χ0) is 15.1. The van der Waals surface area contributed by atoms with E-state index in [4.69, 9.17) is 21.4 Å². The summed E-state index contributed by atoms with van der Waals surface area (Å²) in [7, 11) is 0. The predicted octanol–water partition coefficient (Wildman–Crippen LogP) is 2.71. The number of amides is 1. The van der Waals surface area contributed by atoms with Crippen LogP contribution < -0.4 is 10.1 Å². The maximum atomic E-state index is 11.6. The van der Waals surface area contributed by atoms with E-state index in [0.717, 1.165) is 0 Å². The molecule has 0 aliphatic rings. The third kappa shape index (κ3) is 5.38. The van der Waals surface area contributed by atoms with Crippen molar-refractivity contribution in [1.82, 2.24) is 5.32 Å². The molecule has 0 aliphatic carbocycles. The minimum absolute atomic E-state index is 0.0931. The summed E-state index contributed by atoms with van der Waals surface area (Å²) >= 11 is 9.06. The van der Waals surface area contributed by atoms with Crippen LogP contribution in [-0.2, 0) is 9.59 Å². The number of carboxylic acid groups (broad SMARTS) is 1. The molecule has 0 spiro atoms. The second-order valence-electron chi connectivity index (χ2n) is 4.11. The van der Waals surface area contributed by atoms with E-state index in [1.54, 1.807) is 25.1 Å². The fourth-order valence-corrected chi connectivity index (χ4v) is 2.23. The van der Waals surface area contributed by atoms with Crippen molar-refractivity contribution in [3.8, 4) is 5.75 Å². The van der Waals surface area contributed by atoms with Crippen LogP contribution in [0.1, 0.15) is 13.3 Å². The lowest BCUT2D eigenvalue weighted by molar-refractivity contribution is -0.141. The van der Waals surface area contributed by atoms with Crippen LogP contribution in [0, 0.1) is 5.92 Å². The predicted molar refractivity (Wildman–Crippen MR) is 79.1 cm³/mol. The van der Waals surface area contributed by atoms with E-state index in [2.05, 4.69) is 21.2 Å². The van der Waals surface area contributed by atoms with Crippen molar-refractivity contribution in [3.63, 3.8) is 0 Å². The highest BCUT2D eigenvalue weighted by atomic mass is 79.9. The maximum Gasteiger partial charge on any atom is 0.308 e. The van der Waals surface area contributed by atoms with Crippen LogP contribution in [0.25, 0.3) is 0 Å². The highest BCUT2D eigenvalue weighted by Gasteiger charge is 2.16. The van der Waals surface area contributed by atoms with Gasteiger partial charge in [0.2, 0.25) is 0 Å². The van der Waals surface area contributed by atoms with Gasteiger partial charge in [0, 0.05) is 11.6 Å². The van der Waals surface area contributed by atoms with Gasteiger partial charge < -0.3 is 15.2 Å². The zero-order valence-electron chi connectivity index (χ0n) is 10.9. The van der Waals surface area contributed by atoms with Crippen LogP contribution in [0.2, 0.25) is 5.02 Å². The number of rotatable bonds is 7. The van der Waals surface area contributed by atoms with Crippen molar-refractivity contribution in [2.45, 2.75) is 13.3 Å². The molecule has 7 heteroatoms. The molecule has 0 bridgehead atoms. The van der Waals surface area contributed by atoms with Gasteiger partial charge in [0.05, 0.1) is 10.4 Å². The molecule has 1 rings (SSSR count). The number of hydrogen-bond acceptors (Lipinski definition) is 3. The van der Waals surface area contributed by atoms with Gasteiger partial charge in [0.1, 0.15) is 5.75 Å². The second kappa shape index (κ2) is 8.11. The van der Waals surface area contributed by atoms with E-state index in [-0.39, 0.29) is 19.1 Å². The number of benzene rings is 1. The average molecular weight is 365 g/mol.